The lowest BCUT2D eigenvalue weighted by Gasteiger charge is -2.41. The van der Waals surface area contributed by atoms with Gasteiger partial charge < -0.3 is 10.6 Å². The first-order valence-corrected chi connectivity index (χ1v) is 8.30. The molecule has 0 aromatic heterocycles. The molecule has 3 aliphatic rings. The third kappa shape index (κ3) is 2.67. The van der Waals surface area contributed by atoms with E-state index in [4.69, 9.17) is 5.73 Å². The van der Waals surface area contributed by atoms with Crippen molar-refractivity contribution in [3.8, 4) is 0 Å². The molecule has 1 saturated heterocycles. The minimum absolute atomic E-state index is 0.279. The number of piperidine rings is 1. The molecule has 2 saturated carbocycles. The van der Waals surface area contributed by atoms with Gasteiger partial charge in [-0.3, -0.25) is 4.79 Å². The maximum atomic E-state index is 12.8. The highest BCUT2D eigenvalue weighted by molar-refractivity contribution is 5.79. The first-order valence-electron chi connectivity index (χ1n) is 8.30. The first kappa shape index (κ1) is 13.4. The maximum Gasteiger partial charge on any atom is 0.225 e. The molecule has 3 nitrogen and oxygen atoms in total. The molecule has 0 aromatic carbocycles. The number of hydrogen-bond donors (Lipinski definition) is 1. The summed E-state index contributed by atoms with van der Waals surface area (Å²) >= 11 is 0. The summed E-state index contributed by atoms with van der Waals surface area (Å²) in [6, 6.07) is 0.583. The van der Waals surface area contributed by atoms with E-state index in [1.807, 2.05) is 0 Å². The van der Waals surface area contributed by atoms with Gasteiger partial charge in [0.15, 0.2) is 0 Å². The predicted molar refractivity (Wildman–Crippen MR) is 76.6 cm³/mol. The number of likely N-dealkylation sites (tertiary alicyclic amines) is 1. The Morgan fingerprint density at radius 2 is 1.84 bits per heavy atom. The van der Waals surface area contributed by atoms with Crippen LogP contribution in [0, 0.1) is 17.8 Å². The van der Waals surface area contributed by atoms with Crippen LogP contribution in [0.2, 0.25) is 0 Å². The molecular weight excluding hydrogens is 236 g/mol. The lowest BCUT2D eigenvalue weighted by atomic mass is 9.80. The molecule has 1 aliphatic heterocycles. The highest BCUT2D eigenvalue weighted by Crippen LogP contribution is 2.39. The normalized spacial score (nSPS) is 39.1. The quantitative estimate of drug-likeness (QED) is 0.833. The Labute approximate surface area is 116 Å². The zero-order chi connectivity index (χ0) is 13.2. The second kappa shape index (κ2) is 5.82. The van der Waals surface area contributed by atoms with E-state index in [-0.39, 0.29) is 5.92 Å². The molecule has 4 unspecified atom stereocenters. The van der Waals surface area contributed by atoms with Crippen molar-refractivity contribution in [1.82, 2.24) is 4.90 Å². The fourth-order valence-corrected chi connectivity index (χ4v) is 4.69. The van der Waals surface area contributed by atoms with Crippen LogP contribution < -0.4 is 5.73 Å². The third-order valence-corrected chi connectivity index (χ3v) is 5.74. The zero-order valence-electron chi connectivity index (χ0n) is 12.0. The fraction of sp³-hybridized carbons (Fsp3) is 0.938. The van der Waals surface area contributed by atoms with Crippen LogP contribution >= 0.6 is 0 Å². The number of hydrogen-bond acceptors (Lipinski definition) is 2. The molecule has 1 heterocycles. The number of fused-ring (bicyclic) bond motifs is 1. The van der Waals surface area contributed by atoms with Gasteiger partial charge in [0, 0.05) is 18.5 Å². The molecule has 2 aliphatic carbocycles. The van der Waals surface area contributed by atoms with Crippen molar-refractivity contribution >= 4 is 5.91 Å². The average molecular weight is 264 g/mol. The van der Waals surface area contributed by atoms with Crippen molar-refractivity contribution in [2.45, 2.75) is 63.8 Å². The Balaban J connectivity index is 1.65. The number of nitrogens with two attached hydrogens (primary N) is 1. The lowest BCUT2D eigenvalue weighted by molar-refractivity contribution is -0.141. The summed E-state index contributed by atoms with van der Waals surface area (Å²) in [5.74, 6) is 2.15. The van der Waals surface area contributed by atoms with Gasteiger partial charge in [-0.25, -0.2) is 0 Å². The van der Waals surface area contributed by atoms with Gasteiger partial charge in [-0.05, 0) is 63.3 Å². The zero-order valence-corrected chi connectivity index (χ0v) is 12.0. The van der Waals surface area contributed by atoms with Crippen molar-refractivity contribution in [3.05, 3.63) is 0 Å². The van der Waals surface area contributed by atoms with E-state index in [0.717, 1.165) is 31.8 Å². The van der Waals surface area contributed by atoms with E-state index >= 15 is 0 Å². The standard InChI is InChI=1S/C16H28N2O/c17-11-12-4-1-6-14(10-12)16(19)18-9-3-7-13-5-2-8-15(13)18/h12-15H,1-11,17H2. The second-order valence-corrected chi connectivity index (χ2v) is 6.90. The van der Waals surface area contributed by atoms with Gasteiger partial charge in [0.25, 0.3) is 0 Å². The van der Waals surface area contributed by atoms with Gasteiger partial charge in [-0.1, -0.05) is 12.8 Å². The van der Waals surface area contributed by atoms with Crippen LogP contribution in [-0.2, 0) is 4.79 Å². The molecule has 0 aromatic rings. The SMILES string of the molecule is NCC1CCCC(C(=O)N2CCCC3CCCC32)C1. The Morgan fingerprint density at radius 3 is 2.68 bits per heavy atom. The van der Waals surface area contributed by atoms with Crippen molar-refractivity contribution in [2.24, 2.45) is 23.5 Å². The van der Waals surface area contributed by atoms with Crippen LogP contribution in [0.3, 0.4) is 0 Å². The molecule has 0 radical (unpaired) electrons. The van der Waals surface area contributed by atoms with Crippen LogP contribution in [0.25, 0.3) is 0 Å². The van der Waals surface area contributed by atoms with E-state index in [1.54, 1.807) is 0 Å². The molecule has 0 bridgehead atoms. The molecule has 2 N–H and O–H groups in total. The number of carbonyl (C=O) groups is 1. The molecule has 0 spiro atoms. The van der Waals surface area contributed by atoms with Gasteiger partial charge in [0.1, 0.15) is 0 Å². The molecule has 19 heavy (non-hydrogen) atoms. The molecule has 3 rings (SSSR count). The lowest BCUT2D eigenvalue weighted by Crippen LogP contribution is -2.49. The maximum absolute atomic E-state index is 12.8. The summed E-state index contributed by atoms with van der Waals surface area (Å²) in [7, 11) is 0. The first-order chi connectivity index (χ1) is 9.29. The molecule has 4 atom stereocenters. The average Bonchev–Trinajstić information content (AvgIpc) is 2.95. The minimum Gasteiger partial charge on any atom is -0.339 e. The van der Waals surface area contributed by atoms with Crippen LogP contribution in [0.4, 0.5) is 0 Å². The number of rotatable bonds is 2. The highest BCUT2D eigenvalue weighted by Gasteiger charge is 2.40. The summed E-state index contributed by atoms with van der Waals surface area (Å²) in [5.41, 5.74) is 5.80. The van der Waals surface area contributed by atoms with Gasteiger partial charge in [-0.2, -0.15) is 0 Å². The van der Waals surface area contributed by atoms with Gasteiger partial charge in [0.2, 0.25) is 5.91 Å². The highest BCUT2D eigenvalue weighted by atomic mass is 16.2. The molecule has 3 fully saturated rings. The van der Waals surface area contributed by atoms with Crippen LogP contribution in [-0.4, -0.2) is 29.9 Å². The monoisotopic (exact) mass is 264 g/mol. The van der Waals surface area contributed by atoms with Crippen molar-refractivity contribution in [3.63, 3.8) is 0 Å². The summed E-state index contributed by atoms with van der Waals surface area (Å²) in [6.07, 6.45) is 11.1. The number of amides is 1. The second-order valence-electron chi connectivity index (χ2n) is 6.90. The van der Waals surface area contributed by atoms with E-state index < -0.39 is 0 Å². The van der Waals surface area contributed by atoms with E-state index in [1.165, 1.54) is 44.9 Å². The molecular formula is C16H28N2O. The van der Waals surface area contributed by atoms with Gasteiger partial charge >= 0.3 is 0 Å². The number of carbonyl (C=O) groups excluding carboxylic acids is 1. The smallest absolute Gasteiger partial charge is 0.225 e. The van der Waals surface area contributed by atoms with Gasteiger partial charge in [-0.15, -0.1) is 0 Å². The molecule has 3 heteroatoms. The summed E-state index contributed by atoms with van der Waals surface area (Å²) in [6.45, 7) is 1.78. The Hall–Kier alpha value is -0.570. The fourth-order valence-electron chi connectivity index (χ4n) is 4.69. The van der Waals surface area contributed by atoms with E-state index in [0.29, 0.717) is 17.9 Å². The summed E-state index contributed by atoms with van der Waals surface area (Å²) in [5, 5.41) is 0. The van der Waals surface area contributed by atoms with Crippen molar-refractivity contribution in [1.29, 1.82) is 0 Å². The summed E-state index contributed by atoms with van der Waals surface area (Å²) < 4.78 is 0. The Bertz CT molecular complexity index is 331. The van der Waals surface area contributed by atoms with Crippen LogP contribution in [0.5, 0.6) is 0 Å². The van der Waals surface area contributed by atoms with E-state index in [2.05, 4.69) is 4.90 Å². The van der Waals surface area contributed by atoms with Gasteiger partial charge in [0.05, 0.1) is 0 Å². The molecule has 108 valence electrons. The van der Waals surface area contributed by atoms with Crippen LogP contribution in [0.15, 0.2) is 0 Å². The van der Waals surface area contributed by atoms with E-state index in [9.17, 15) is 4.79 Å². The third-order valence-electron chi connectivity index (χ3n) is 5.74. The summed E-state index contributed by atoms with van der Waals surface area (Å²) in [4.78, 5) is 15.1. The largest absolute Gasteiger partial charge is 0.339 e. The Morgan fingerprint density at radius 1 is 1.05 bits per heavy atom. The predicted octanol–water partition coefficient (Wildman–Crippen LogP) is 2.54. The van der Waals surface area contributed by atoms with Crippen LogP contribution in [0.1, 0.15) is 57.8 Å². The number of nitrogens with zero attached hydrogens (tertiary/aromatic N) is 1. The van der Waals surface area contributed by atoms with Crippen molar-refractivity contribution in [2.75, 3.05) is 13.1 Å². The molecule has 1 amide bonds. The Kier molecular flexibility index (Phi) is 4.11. The minimum atomic E-state index is 0.279. The van der Waals surface area contributed by atoms with Crippen molar-refractivity contribution < 1.29 is 4.79 Å². The topological polar surface area (TPSA) is 46.3 Å².